The molecule has 3 rings (SSSR count). The van der Waals surface area contributed by atoms with Crippen molar-refractivity contribution in [2.24, 2.45) is 0 Å². The summed E-state index contributed by atoms with van der Waals surface area (Å²) in [6.07, 6.45) is 0. The normalized spacial score (nSPS) is 10.2. The van der Waals surface area contributed by atoms with E-state index in [0.717, 1.165) is 11.1 Å². The van der Waals surface area contributed by atoms with E-state index in [2.05, 4.69) is 10.6 Å². The summed E-state index contributed by atoms with van der Waals surface area (Å²) in [6.45, 7) is 1.64. The van der Waals surface area contributed by atoms with Crippen molar-refractivity contribution in [2.75, 3.05) is 26.1 Å². The summed E-state index contributed by atoms with van der Waals surface area (Å²) in [5, 5.41) is 5.41. The van der Waals surface area contributed by atoms with Gasteiger partial charge < -0.3 is 24.8 Å². The highest BCUT2D eigenvalue weighted by atomic mass is 16.5. The fraction of sp³-hybridized carbons (Fsp3) is 0.192. The number of esters is 1. The van der Waals surface area contributed by atoms with Crippen molar-refractivity contribution in [1.29, 1.82) is 0 Å². The quantitative estimate of drug-likeness (QED) is 0.470. The third-order valence-corrected chi connectivity index (χ3v) is 4.95. The van der Waals surface area contributed by atoms with Crippen LogP contribution in [-0.2, 0) is 16.1 Å². The average Bonchev–Trinajstić information content (AvgIpc) is 2.86. The predicted octanol–water partition coefficient (Wildman–Crippen LogP) is 3.74. The number of hydrogen-bond donors (Lipinski definition) is 2. The van der Waals surface area contributed by atoms with Crippen LogP contribution < -0.4 is 20.1 Å². The molecule has 0 aromatic heterocycles. The summed E-state index contributed by atoms with van der Waals surface area (Å²) < 4.78 is 15.6. The van der Waals surface area contributed by atoms with Crippen molar-refractivity contribution < 1.29 is 28.6 Å². The van der Waals surface area contributed by atoms with Crippen molar-refractivity contribution in [2.45, 2.75) is 13.5 Å². The maximum atomic E-state index is 12.6. The minimum Gasteiger partial charge on any atom is -0.493 e. The molecule has 2 amide bonds. The van der Waals surface area contributed by atoms with Gasteiger partial charge in [0, 0.05) is 12.1 Å². The lowest BCUT2D eigenvalue weighted by molar-refractivity contribution is -0.124. The van der Waals surface area contributed by atoms with Crippen molar-refractivity contribution in [1.82, 2.24) is 5.32 Å². The van der Waals surface area contributed by atoms with Crippen LogP contribution in [0.5, 0.6) is 11.5 Å². The lowest BCUT2D eigenvalue weighted by Gasteiger charge is -2.12. The molecule has 0 aliphatic rings. The Kier molecular flexibility index (Phi) is 8.23. The summed E-state index contributed by atoms with van der Waals surface area (Å²) >= 11 is 0. The van der Waals surface area contributed by atoms with E-state index < -0.39 is 18.5 Å². The Balaban J connectivity index is 1.57. The van der Waals surface area contributed by atoms with Crippen LogP contribution in [-0.4, -0.2) is 38.6 Å². The summed E-state index contributed by atoms with van der Waals surface area (Å²) in [5.41, 5.74) is 2.65. The van der Waals surface area contributed by atoms with Gasteiger partial charge in [0.1, 0.15) is 0 Å². The molecule has 34 heavy (non-hydrogen) atoms. The van der Waals surface area contributed by atoms with Crippen molar-refractivity contribution in [3.8, 4) is 11.5 Å². The Morgan fingerprint density at radius 3 is 2.35 bits per heavy atom. The van der Waals surface area contributed by atoms with Crippen molar-refractivity contribution >= 4 is 23.5 Å². The van der Waals surface area contributed by atoms with Gasteiger partial charge in [0.05, 0.1) is 25.5 Å². The third kappa shape index (κ3) is 6.35. The molecule has 0 aliphatic heterocycles. The second-order valence-corrected chi connectivity index (χ2v) is 7.41. The molecule has 0 bridgehead atoms. The molecule has 0 unspecified atom stereocenters. The monoisotopic (exact) mass is 462 g/mol. The Morgan fingerprint density at radius 2 is 1.62 bits per heavy atom. The van der Waals surface area contributed by atoms with E-state index in [9.17, 15) is 14.4 Å². The smallest absolute Gasteiger partial charge is 0.340 e. The van der Waals surface area contributed by atoms with Crippen LogP contribution in [0.2, 0.25) is 0 Å². The molecule has 0 saturated carbocycles. The molecule has 0 aliphatic carbocycles. The number of anilines is 1. The molecule has 8 heteroatoms. The number of carbonyl (C=O) groups is 3. The largest absolute Gasteiger partial charge is 0.493 e. The van der Waals surface area contributed by atoms with Gasteiger partial charge in [0.25, 0.3) is 11.8 Å². The first-order valence-corrected chi connectivity index (χ1v) is 10.5. The van der Waals surface area contributed by atoms with Crippen LogP contribution in [0.1, 0.15) is 31.8 Å². The molecule has 0 heterocycles. The molecular formula is C26H26N2O6. The van der Waals surface area contributed by atoms with E-state index in [1.54, 1.807) is 61.7 Å². The maximum Gasteiger partial charge on any atom is 0.340 e. The third-order valence-electron chi connectivity index (χ3n) is 4.95. The van der Waals surface area contributed by atoms with Crippen LogP contribution in [0.25, 0.3) is 0 Å². The maximum absolute atomic E-state index is 12.6. The predicted molar refractivity (Wildman–Crippen MR) is 127 cm³/mol. The van der Waals surface area contributed by atoms with Gasteiger partial charge in [-0.2, -0.15) is 0 Å². The van der Waals surface area contributed by atoms with Gasteiger partial charge in [0.15, 0.2) is 18.1 Å². The van der Waals surface area contributed by atoms with Crippen LogP contribution in [0.4, 0.5) is 5.69 Å². The number of hydrogen-bond acceptors (Lipinski definition) is 6. The van der Waals surface area contributed by atoms with Gasteiger partial charge in [0.2, 0.25) is 0 Å². The molecule has 0 saturated heterocycles. The summed E-state index contributed by atoms with van der Waals surface area (Å²) in [5.74, 6) is -0.410. The molecule has 3 aromatic carbocycles. The highest BCUT2D eigenvalue weighted by Gasteiger charge is 2.17. The minimum atomic E-state index is -0.721. The topological polar surface area (TPSA) is 103 Å². The van der Waals surface area contributed by atoms with Gasteiger partial charge in [-0.15, -0.1) is 0 Å². The average molecular weight is 463 g/mol. The van der Waals surface area contributed by atoms with Gasteiger partial charge in [-0.1, -0.05) is 35.9 Å². The fourth-order valence-corrected chi connectivity index (χ4v) is 3.20. The number of ether oxygens (including phenoxy) is 3. The standard InChI is InChI=1S/C26H26N2O6/c1-17-7-6-8-19(13-17)25(30)28-21-10-5-4-9-20(21)26(31)34-16-24(29)27-15-18-11-12-22(32-2)23(14-18)33-3/h4-14H,15-16H2,1-3H3,(H,27,29)(H,28,30). The molecule has 0 spiro atoms. The zero-order chi connectivity index (χ0) is 24.5. The number of amides is 2. The van der Waals surface area contributed by atoms with Gasteiger partial charge in [-0.05, 0) is 48.9 Å². The number of nitrogens with one attached hydrogen (secondary N) is 2. The first-order chi connectivity index (χ1) is 16.4. The Labute approximate surface area is 197 Å². The van der Waals surface area contributed by atoms with Crippen LogP contribution in [0.15, 0.2) is 66.7 Å². The van der Waals surface area contributed by atoms with Crippen molar-refractivity contribution in [3.05, 3.63) is 89.0 Å². The first-order valence-electron chi connectivity index (χ1n) is 10.5. The summed E-state index contributed by atoms with van der Waals surface area (Å²) in [6, 6.07) is 18.8. The van der Waals surface area contributed by atoms with E-state index in [-0.39, 0.29) is 18.0 Å². The minimum absolute atomic E-state index is 0.149. The van der Waals surface area contributed by atoms with E-state index in [0.29, 0.717) is 22.7 Å². The molecule has 0 fully saturated rings. The molecule has 0 radical (unpaired) electrons. The van der Waals surface area contributed by atoms with E-state index in [4.69, 9.17) is 14.2 Å². The molecule has 2 N–H and O–H groups in total. The first kappa shape index (κ1) is 24.3. The molecular weight excluding hydrogens is 436 g/mol. The van der Waals surface area contributed by atoms with Crippen LogP contribution >= 0.6 is 0 Å². The highest BCUT2D eigenvalue weighted by Crippen LogP contribution is 2.27. The second-order valence-electron chi connectivity index (χ2n) is 7.41. The van der Waals surface area contributed by atoms with Crippen LogP contribution in [0, 0.1) is 6.92 Å². The van der Waals surface area contributed by atoms with Gasteiger partial charge >= 0.3 is 5.97 Å². The number of methoxy groups -OCH3 is 2. The Bertz CT molecular complexity index is 1190. The van der Waals surface area contributed by atoms with E-state index >= 15 is 0 Å². The molecule has 176 valence electrons. The summed E-state index contributed by atoms with van der Waals surface area (Å²) in [7, 11) is 3.07. The molecule has 8 nitrogen and oxygen atoms in total. The van der Waals surface area contributed by atoms with Gasteiger partial charge in [-0.25, -0.2) is 4.79 Å². The van der Waals surface area contributed by atoms with Crippen molar-refractivity contribution in [3.63, 3.8) is 0 Å². The van der Waals surface area contributed by atoms with Crippen LogP contribution in [0.3, 0.4) is 0 Å². The Hall–Kier alpha value is -4.33. The number of carbonyl (C=O) groups excluding carboxylic acids is 3. The number of rotatable bonds is 9. The van der Waals surface area contributed by atoms with E-state index in [1.165, 1.54) is 13.2 Å². The highest BCUT2D eigenvalue weighted by molar-refractivity contribution is 6.08. The SMILES string of the molecule is COc1ccc(CNC(=O)COC(=O)c2ccccc2NC(=O)c2cccc(C)c2)cc1OC. The van der Waals surface area contributed by atoms with E-state index in [1.807, 2.05) is 13.0 Å². The zero-order valence-corrected chi connectivity index (χ0v) is 19.2. The lowest BCUT2D eigenvalue weighted by Crippen LogP contribution is -2.28. The number of benzene rings is 3. The fourth-order valence-electron chi connectivity index (χ4n) is 3.20. The Morgan fingerprint density at radius 1 is 0.853 bits per heavy atom. The molecule has 0 atom stereocenters. The molecule has 3 aromatic rings. The number of para-hydroxylation sites is 1. The summed E-state index contributed by atoms with van der Waals surface area (Å²) in [4.78, 5) is 37.4. The zero-order valence-electron chi connectivity index (χ0n) is 19.2. The number of aryl methyl sites for hydroxylation is 1. The van der Waals surface area contributed by atoms with Gasteiger partial charge in [-0.3, -0.25) is 9.59 Å². The second kappa shape index (κ2) is 11.5. The lowest BCUT2D eigenvalue weighted by atomic mass is 10.1.